The molecule has 6 nitrogen and oxygen atoms in total. The molecule has 1 aliphatic heterocycles. The molecule has 2 aromatic rings. The molecule has 2 amide bonds. The number of carbonyl (C=O) groups excluding carboxylic acids is 1. The van der Waals surface area contributed by atoms with Crippen LogP contribution in [-0.4, -0.2) is 35.1 Å². The first-order chi connectivity index (χ1) is 11.6. The molecule has 6 heteroatoms. The number of aliphatic carboxylic acids is 1. The zero-order valence-corrected chi connectivity index (χ0v) is 13.3. The van der Waals surface area contributed by atoms with Crippen LogP contribution < -0.4 is 5.32 Å². The number of likely N-dealkylation sites (tertiary alicyclic amines) is 1. The summed E-state index contributed by atoms with van der Waals surface area (Å²) < 4.78 is 5.47. The second-order valence-corrected chi connectivity index (χ2v) is 6.85. The molecule has 1 aromatic carbocycles. The van der Waals surface area contributed by atoms with Gasteiger partial charge < -0.3 is 19.7 Å². The summed E-state index contributed by atoms with van der Waals surface area (Å²) in [6.45, 7) is 1.21. The number of hydrogen-bond acceptors (Lipinski definition) is 3. The Kier molecular flexibility index (Phi) is 3.48. The first kappa shape index (κ1) is 15.1. The third-order valence-electron chi connectivity index (χ3n) is 5.58. The molecule has 0 bridgehead atoms. The van der Waals surface area contributed by atoms with Crippen molar-refractivity contribution in [2.24, 2.45) is 11.3 Å². The van der Waals surface area contributed by atoms with Crippen LogP contribution in [0.4, 0.5) is 4.79 Å². The molecule has 1 saturated carbocycles. The van der Waals surface area contributed by atoms with E-state index in [4.69, 9.17) is 4.42 Å². The summed E-state index contributed by atoms with van der Waals surface area (Å²) in [6, 6.07) is 7.48. The van der Waals surface area contributed by atoms with Crippen molar-refractivity contribution in [1.82, 2.24) is 10.2 Å². The molecule has 2 atom stereocenters. The van der Waals surface area contributed by atoms with Gasteiger partial charge in [0.15, 0.2) is 0 Å². The van der Waals surface area contributed by atoms with Crippen LogP contribution in [0.5, 0.6) is 0 Å². The highest BCUT2D eigenvalue weighted by atomic mass is 16.4. The molecule has 1 aromatic heterocycles. The second-order valence-electron chi connectivity index (χ2n) is 6.85. The minimum atomic E-state index is -0.763. The molecule has 126 valence electrons. The Morgan fingerprint density at radius 3 is 3.00 bits per heavy atom. The molecule has 1 aliphatic carbocycles. The van der Waals surface area contributed by atoms with Gasteiger partial charge in [-0.1, -0.05) is 24.6 Å². The number of urea groups is 1. The van der Waals surface area contributed by atoms with Crippen LogP contribution in [0.3, 0.4) is 0 Å². The molecule has 2 N–H and O–H groups in total. The first-order valence-corrected chi connectivity index (χ1v) is 8.31. The van der Waals surface area contributed by atoms with Crippen LogP contribution in [0.25, 0.3) is 11.0 Å². The predicted octanol–water partition coefficient (Wildman–Crippen LogP) is 2.83. The van der Waals surface area contributed by atoms with E-state index in [0.717, 1.165) is 29.4 Å². The Balaban J connectivity index is 1.43. The lowest BCUT2D eigenvalue weighted by atomic mass is 9.81. The minimum Gasteiger partial charge on any atom is -0.481 e. The summed E-state index contributed by atoms with van der Waals surface area (Å²) in [5, 5.41) is 13.5. The highest BCUT2D eigenvalue weighted by molar-refractivity contribution is 5.83. The molecule has 24 heavy (non-hydrogen) atoms. The summed E-state index contributed by atoms with van der Waals surface area (Å²) in [7, 11) is 0. The number of furan rings is 1. The molecular weight excluding hydrogens is 308 g/mol. The summed E-state index contributed by atoms with van der Waals surface area (Å²) in [5.41, 5.74) is 0.980. The van der Waals surface area contributed by atoms with Gasteiger partial charge in [-0.05, 0) is 24.8 Å². The standard InChI is InChI=1S/C18H20N2O4/c21-16(22)18-7-3-4-13(18)9-20(11-18)17(23)19-8-12-10-24-15-6-2-1-5-14(12)15/h1-2,5-6,10,13H,3-4,7-9,11H2,(H,19,23)(H,21,22)/t13-,18+/m0/s1. The van der Waals surface area contributed by atoms with Crippen LogP contribution in [0.1, 0.15) is 24.8 Å². The molecule has 2 heterocycles. The van der Waals surface area contributed by atoms with E-state index in [1.54, 1.807) is 11.2 Å². The van der Waals surface area contributed by atoms with E-state index in [2.05, 4.69) is 5.32 Å². The number of fused-ring (bicyclic) bond motifs is 2. The van der Waals surface area contributed by atoms with Gasteiger partial charge in [-0.15, -0.1) is 0 Å². The van der Waals surface area contributed by atoms with Gasteiger partial charge in [-0.2, -0.15) is 0 Å². The number of nitrogens with one attached hydrogen (secondary N) is 1. The van der Waals surface area contributed by atoms with Crippen molar-refractivity contribution in [3.8, 4) is 0 Å². The van der Waals surface area contributed by atoms with Crippen LogP contribution in [0.2, 0.25) is 0 Å². The second kappa shape index (κ2) is 5.54. The van der Waals surface area contributed by atoms with Gasteiger partial charge >= 0.3 is 12.0 Å². The van der Waals surface area contributed by atoms with Gasteiger partial charge in [-0.3, -0.25) is 4.79 Å². The number of para-hydroxylation sites is 1. The van der Waals surface area contributed by atoms with Crippen molar-refractivity contribution in [2.75, 3.05) is 13.1 Å². The third kappa shape index (κ3) is 2.25. The zero-order valence-electron chi connectivity index (χ0n) is 13.3. The van der Waals surface area contributed by atoms with E-state index >= 15 is 0 Å². The van der Waals surface area contributed by atoms with Gasteiger partial charge in [0.2, 0.25) is 0 Å². The normalized spacial score (nSPS) is 25.8. The number of carboxylic acids is 1. The number of hydrogen-bond donors (Lipinski definition) is 2. The minimum absolute atomic E-state index is 0.0792. The van der Waals surface area contributed by atoms with Gasteiger partial charge in [0.05, 0.1) is 11.7 Å². The molecule has 2 aliphatic rings. The van der Waals surface area contributed by atoms with Crippen LogP contribution in [-0.2, 0) is 11.3 Å². The molecule has 2 fully saturated rings. The largest absolute Gasteiger partial charge is 0.481 e. The molecule has 1 saturated heterocycles. The quantitative estimate of drug-likeness (QED) is 0.907. The molecule has 0 spiro atoms. The number of rotatable bonds is 3. The van der Waals surface area contributed by atoms with Gasteiger partial charge in [0.1, 0.15) is 5.58 Å². The fourth-order valence-electron chi connectivity index (χ4n) is 4.25. The molecule has 0 radical (unpaired) electrons. The maximum absolute atomic E-state index is 12.5. The summed E-state index contributed by atoms with van der Waals surface area (Å²) in [6.07, 6.45) is 4.15. The van der Waals surface area contributed by atoms with Crippen molar-refractivity contribution < 1.29 is 19.1 Å². The van der Waals surface area contributed by atoms with E-state index in [1.165, 1.54) is 0 Å². The summed E-state index contributed by atoms with van der Waals surface area (Å²) >= 11 is 0. The van der Waals surface area contributed by atoms with E-state index in [9.17, 15) is 14.7 Å². The number of carboxylic acid groups (broad SMARTS) is 1. The number of nitrogens with zero attached hydrogens (tertiary/aromatic N) is 1. The van der Waals surface area contributed by atoms with Crippen molar-refractivity contribution in [3.05, 3.63) is 36.1 Å². The molecule has 0 unspecified atom stereocenters. The number of benzene rings is 1. The zero-order chi connectivity index (χ0) is 16.7. The predicted molar refractivity (Wildman–Crippen MR) is 87.4 cm³/mol. The fraction of sp³-hybridized carbons (Fsp3) is 0.444. The van der Waals surface area contributed by atoms with Gasteiger partial charge in [0.25, 0.3) is 0 Å². The van der Waals surface area contributed by atoms with Crippen molar-refractivity contribution >= 4 is 23.0 Å². The average Bonchev–Trinajstić information content (AvgIpc) is 3.25. The number of amides is 2. The number of carbonyl (C=O) groups is 2. The van der Waals surface area contributed by atoms with Gasteiger partial charge in [-0.25, -0.2) is 4.79 Å². The van der Waals surface area contributed by atoms with E-state index in [0.29, 0.717) is 26.1 Å². The smallest absolute Gasteiger partial charge is 0.317 e. The fourth-order valence-corrected chi connectivity index (χ4v) is 4.25. The van der Waals surface area contributed by atoms with Crippen molar-refractivity contribution in [1.29, 1.82) is 0 Å². The molecular formula is C18H20N2O4. The Labute approximate surface area is 139 Å². The lowest BCUT2D eigenvalue weighted by Gasteiger charge is -2.23. The lowest BCUT2D eigenvalue weighted by Crippen LogP contribution is -2.41. The maximum atomic E-state index is 12.5. The Hall–Kier alpha value is -2.50. The lowest BCUT2D eigenvalue weighted by molar-refractivity contribution is -0.149. The monoisotopic (exact) mass is 328 g/mol. The Morgan fingerprint density at radius 2 is 2.21 bits per heavy atom. The van der Waals surface area contributed by atoms with E-state index in [1.807, 2.05) is 24.3 Å². The van der Waals surface area contributed by atoms with E-state index in [-0.39, 0.29) is 11.9 Å². The highest BCUT2D eigenvalue weighted by Crippen LogP contribution is 2.48. The summed E-state index contributed by atoms with van der Waals surface area (Å²) in [5.74, 6) is -0.684. The average molecular weight is 328 g/mol. The molecule has 4 rings (SSSR count). The maximum Gasteiger partial charge on any atom is 0.317 e. The topological polar surface area (TPSA) is 82.8 Å². The van der Waals surface area contributed by atoms with Crippen molar-refractivity contribution in [3.63, 3.8) is 0 Å². The van der Waals surface area contributed by atoms with Crippen LogP contribution in [0, 0.1) is 11.3 Å². The van der Waals surface area contributed by atoms with Crippen LogP contribution >= 0.6 is 0 Å². The SMILES string of the molecule is O=C(NCc1coc2ccccc12)N1C[C@@H]2CCC[C@@]2(C(=O)O)C1. The van der Waals surface area contributed by atoms with Gasteiger partial charge in [0, 0.05) is 30.6 Å². The highest BCUT2D eigenvalue weighted by Gasteiger charge is 2.55. The van der Waals surface area contributed by atoms with E-state index < -0.39 is 11.4 Å². The Morgan fingerprint density at radius 1 is 1.38 bits per heavy atom. The van der Waals surface area contributed by atoms with Crippen LogP contribution in [0.15, 0.2) is 34.9 Å². The van der Waals surface area contributed by atoms with Crippen molar-refractivity contribution in [2.45, 2.75) is 25.8 Å². The third-order valence-corrected chi connectivity index (χ3v) is 5.58. The Bertz CT molecular complexity index is 799. The summed E-state index contributed by atoms with van der Waals surface area (Å²) in [4.78, 5) is 25.8. The first-order valence-electron chi connectivity index (χ1n) is 8.31.